The van der Waals surface area contributed by atoms with Gasteiger partial charge in [-0.2, -0.15) is 0 Å². The monoisotopic (exact) mass is 232 g/mol. The molecule has 14 heavy (non-hydrogen) atoms. The summed E-state index contributed by atoms with van der Waals surface area (Å²) >= 11 is 3.28. The number of carbonyl (C=O) groups is 2. The molecule has 1 fully saturated rings. The second-order valence-electron chi connectivity index (χ2n) is 3.45. The quantitative estimate of drug-likeness (QED) is 0.642. The van der Waals surface area contributed by atoms with Crippen LogP contribution in [0, 0.1) is 0 Å². The van der Waals surface area contributed by atoms with Crippen LogP contribution < -0.4 is 0 Å². The molecule has 0 unspecified atom stereocenters. The van der Waals surface area contributed by atoms with Crippen molar-refractivity contribution < 1.29 is 9.59 Å². The van der Waals surface area contributed by atoms with E-state index in [0.717, 1.165) is 24.3 Å². The summed E-state index contributed by atoms with van der Waals surface area (Å²) in [5.41, 5.74) is 0. The predicted molar refractivity (Wildman–Crippen MR) is 62.9 cm³/mol. The molecule has 1 heterocycles. The second kappa shape index (κ2) is 7.35. The van der Waals surface area contributed by atoms with Gasteiger partial charge in [0.1, 0.15) is 11.6 Å². The van der Waals surface area contributed by atoms with Gasteiger partial charge in [-0.25, -0.2) is 0 Å². The first kappa shape index (κ1) is 12.1. The minimum atomic E-state index is 0.363. The topological polar surface area (TPSA) is 34.1 Å². The van der Waals surface area contributed by atoms with Crippen molar-refractivity contribution >= 4 is 35.1 Å². The molecule has 4 heteroatoms. The first-order valence-electron chi connectivity index (χ1n) is 4.98. The van der Waals surface area contributed by atoms with Gasteiger partial charge in [0, 0.05) is 17.9 Å². The van der Waals surface area contributed by atoms with Crippen LogP contribution >= 0.6 is 23.5 Å². The van der Waals surface area contributed by atoms with Gasteiger partial charge in [0.25, 0.3) is 0 Å². The highest BCUT2D eigenvalue weighted by atomic mass is 32.2. The Morgan fingerprint density at radius 1 is 0.786 bits per heavy atom. The first-order chi connectivity index (χ1) is 6.79. The highest BCUT2D eigenvalue weighted by Crippen LogP contribution is 2.16. The summed E-state index contributed by atoms with van der Waals surface area (Å²) in [7, 11) is 0. The fourth-order valence-corrected chi connectivity index (χ4v) is 3.22. The third-order valence-corrected chi connectivity index (χ3v) is 4.49. The summed E-state index contributed by atoms with van der Waals surface area (Å²) in [6.07, 6.45) is 4.34. The van der Waals surface area contributed by atoms with Crippen LogP contribution in [-0.2, 0) is 9.59 Å². The van der Waals surface area contributed by atoms with Gasteiger partial charge < -0.3 is 0 Å². The molecule has 1 aliphatic rings. The van der Waals surface area contributed by atoms with Gasteiger partial charge in [-0.3, -0.25) is 9.59 Å². The van der Waals surface area contributed by atoms with Crippen LogP contribution in [0.4, 0.5) is 0 Å². The van der Waals surface area contributed by atoms with Gasteiger partial charge in [-0.15, -0.1) is 23.5 Å². The van der Waals surface area contributed by atoms with Crippen LogP contribution in [0.15, 0.2) is 0 Å². The number of thioether (sulfide) groups is 2. The zero-order chi connectivity index (χ0) is 10.2. The summed E-state index contributed by atoms with van der Waals surface area (Å²) in [5.74, 6) is 1.98. The van der Waals surface area contributed by atoms with Gasteiger partial charge in [-0.05, 0) is 12.8 Å². The first-order valence-corrected chi connectivity index (χ1v) is 7.29. The zero-order valence-corrected chi connectivity index (χ0v) is 9.92. The van der Waals surface area contributed by atoms with Crippen LogP contribution in [-0.4, -0.2) is 28.2 Å². The van der Waals surface area contributed by atoms with Crippen molar-refractivity contribution in [1.82, 2.24) is 0 Å². The third-order valence-electron chi connectivity index (χ3n) is 2.10. The third kappa shape index (κ3) is 5.70. The summed E-state index contributed by atoms with van der Waals surface area (Å²) < 4.78 is 0. The number of ketones is 2. The van der Waals surface area contributed by atoms with E-state index >= 15 is 0 Å². The van der Waals surface area contributed by atoms with Crippen molar-refractivity contribution in [3.05, 3.63) is 0 Å². The molecular weight excluding hydrogens is 216 g/mol. The normalized spacial score (nSPS) is 22.6. The van der Waals surface area contributed by atoms with E-state index in [1.807, 2.05) is 0 Å². The minimum Gasteiger partial charge on any atom is -0.299 e. The maximum atomic E-state index is 11.3. The number of carbonyl (C=O) groups excluding carboxylic acids is 2. The van der Waals surface area contributed by atoms with Crippen LogP contribution in [0.5, 0.6) is 0 Å². The second-order valence-corrected chi connectivity index (χ2v) is 5.79. The Bertz CT molecular complexity index is 166. The number of Topliss-reactive ketones (excluding diaryl/α,β-unsaturated/α-hetero) is 2. The van der Waals surface area contributed by atoms with E-state index in [0.29, 0.717) is 35.9 Å². The van der Waals surface area contributed by atoms with Crippen LogP contribution in [0.1, 0.15) is 32.1 Å². The molecule has 1 saturated heterocycles. The molecular formula is C10H16O2S2. The van der Waals surface area contributed by atoms with Gasteiger partial charge in [0.2, 0.25) is 0 Å². The lowest BCUT2D eigenvalue weighted by Gasteiger charge is -2.05. The number of hydrogen-bond donors (Lipinski definition) is 0. The summed E-state index contributed by atoms with van der Waals surface area (Å²) in [6.45, 7) is 0. The van der Waals surface area contributed by atoms with Gasteiger partial charge in [0.05, 0.1) is 11.5 Å². The molecule has 80 valence electrons. The Hall–Kier alpha value is 0.0400. The largest absolute Gasteiger partial charge is 0.299 e. The molecule has 1 rings (SSSR count). The van der Waals surface area contributed by atoms with Crippen LogP contribution in [0.3, 0.4) is 0 Å². The molecule has 0 N–H and O–H groups in total. The van der Waals surface area contributed by atoms with E-state index < -0.39 is 0 Å². The van der Waals surface area contributed by atoms with E-state index in [4.69, 9.17) is 0 Å². The summed E-state index contributed by atoms with van der Waals surface area (Å²) in [5, 5.41) is 0.872. The molecule has 0 spiro atoms. The Kier molecular flexibility index (Phi) is 6.36. The standard InChI is InChI=1S/C10H16O2S2/c11-9-4-2-1-3-5-10(12)7-14-8-13-6-9/h1-8H2. The lowest BCUT2D eigenvalue weighted by atomic mass is 10.1. The minimum absolute atomic E-state index is 0.363. The Balaban J connectivity index is 2.26. The molecule has 0 bridgehead atoms. The Labute approximate surface area is 93.6 Å². The predicted octanol–water partition coefficient (Wildman–Crippen LogP) is 2.51. The molecule has 0 saturated carbocycles. The number of rotatable bonds is 0. The molecule has 0 aliphatic carbocycles. The van der Waals surface area contributed by atoms with Crippen molar-refractivity contribution in [2.45, 2.75) is 32.1 Å². The fourth-order valence-electron chi connectivity index (χ4n) is 1.34. The van der Waals surface area contributed by atoms with E-state index in [-0.39, 0.29) is 0 Å². The van der Waals surface area contributed by atoms with E-state index in [1.165, 1.54) is 0 Å². The van der Waals surface area contributed by atoms with Gasteiger partial charge in [-0.1, -0.05) is 6.42 Å². The van der Waals surface area contributed by atoms with Crippen LogP contribution in [0.2, 0.25) is 0 Å². The molecule has 0 amide bonds. The van der Waals surface area contributed by atoms with E-state index in [2.05, 4.69) is 0 Å². The van der Waals surface area contributed by atoms with Crippen molar-refractivity contribution in [2.24, 2.45) is 0 Å². The molecule has 1 aliphatic heterocycles. The lowest BCUT2D eigenvalue weighted by molar-refractivity contribution is -0.117. The maximum Gasteiger partial charge on any atom is 0.142 e. The fraction of sp³-hybridized carbons (Fsp3) is 0.800. The zero-order valence-electron chi connectivity index (χ0n) is 8.29. The smallest absolute Gasteiger partial charge is 0.142 e. The number of hydrogen-bond acceptors (Lipinski definition) is 4. The lowest BCUT2D eigenvalue weighted by Crippen LogP contribution is -2.05. The summed E-state index contributed by atoms with van der Waals surface area (Å²) in [6, 6.07) is 0. The average molecular weight is 232 g/mol. The molecule has 0 atom stereocenters. The van der Waals surface area contributed by atoms with Crippen molar-refractivity contribution in [3.63, 3.8) is 0 Å². The molecule has 2 nitrogen and oxygen atoms in total. The molecule has 0 radical (unpaired) electrons. The van der Waals surface area contributed by atoms with Gasteiger partial charge in [0.15, 0.2) is 0 Å². The average Bonchev–Trinajstić information content (AvgIpc) is 2.14. The molecule has 0 aromatic carbocycles. The Morgan fingerprint density at radius 3 is 1.79 bits per heavy atom. The highest BCUT2D eigenvalue weighted by molar-refractivity contribution is 8.16. The summed E-state index contributed by atoms with van der Waals surface area (Å²) in [4.78, 5) is 22.5. The highest BCUT2D eigenvalue weighted by Gasteiger charge is 2.06. The van der Waals surface area contributed by atoms with Crippen molar-refractivity contribution in [2.75, 3.05) is 16.6 Å². The van der Waals surface area contributed by atoms with Crippen molar-refractivity contribution in [1.29, 1.82) is 0 Å². The van der Waals surface area contributed by atoms with Crippen LogP contribution in [0.25, 0.3) is 0 Å². The van der Waals surface area contributed by atoms with E-state index in [9.17, 15) is 9.59 Å². The van der Waals surface area contributed by atoms with Gasteiger partial charge >= 0.3 is 0 Å². The Morgan fingerprint density at radius 2 is 1.29 bits per heavy atom. The van der Waals surface area contributed by atoms with E-state index in [1.54, 1.807) is 23.5 Å². The maximum absolute atomic E-state index is 11.3. The SMILES string of the molecule is O=C1CCCCCC(=O)CSCSC1. The molecule has 0 aromatic rings. The van der Waals surface area contributed by atoms with Crippen molar-refractivity contribution in [3.8, 4) is 0 Å². The molecule has 0 aromatic heterocycles.